The van der Waals surface area contributed by atoms with Crippen LogP contribution in [0.3, 0.4) is 0 Å². The van der Waals surface area contributed by atoms with E-state index in [-0.39, 0.29) is 17.6 Å². The highest BCUT2D eigenvalue weighted by Crippen LogP contribution is 2.29. The smallest absolute Gasteiger partial charge is 0.243 e. The SMILES string of the molecule is CCCCCCCCCCCCCCNC(=O)[C@H](CS[C@@H]1O[C@H](CO)[C@H](O)[C@H](O)[C@H]1NC(C)=O)NC(=O)CCCCCCCCCCC. The van der Waals surface area contributed by atoms with Crippen LogP contribution in [0.2, 0.25) is 0 Å². The lowest BCUT2D eigenvalue weighted by molar-refractivity contribution is -0.173. The van der Waals surface area contributed by atoms with E-state index >= 15 is 0 Å². The molecule has 0 aromatic heterocycles. The van der Waals surface area contributed by atoms with Gasteiger partial charge in [-0.25, -0.2) is 0 Å². The quantitative estimate of drug-likeness (QED) is 0.0507. The molecule has 0 aromatic rings. The summed E-state index contributed by atoms with van der Waals surface area (Å²) in [6.45, 7) is 5.77. The van der Waals surface area contributed by atoms with E-state index in [1.54, 1.807) is 0 Å². The van der Waals surface area contributed by atoms with Gasteiger partial charge in [0.25, 0.3) is 0 Å². The Kier molecular flexibility index (Phi) is 27.3. The van der Waals surface area contributed by atoms with E-state index in [0.717, 1.165) is 50.3 Å². The molecule has 282 valence electrons. The largest absolute Gasteiger partial charge is 0.394 e. The van der Waals surface area contributed by atoms with Crippen LogP contribution in [0.25, 0.3) is 0 Å². The van der Waals surface area contributed by atoms with E-state index in [1.165, 1.54) is 103 Å². The summed E-state index contributed by atoms with van der Waals surface area (Å²) in [5, 5.41) is 39.2. The minimum atomic E-state index is -1.38. The maximum absolute atomic E-state index is 13.3. The molecule has 1 saturated heterocycles. The van der Waals surface area contributed by atoms with Crippen LogP contribution in [0.1, 0.15) is 162 Å². The molecule has 0 radical (unpaired) electrons. The lowest BCUT2D eigenvalue weighted by atomic mass is 9.98. The summed E-state index contributed by atoms with van der Waals surface area (Å²) in [6, 6.07) is -1.79. The summed E-state index contributed by atoms with van der Waals surface area (Å²) in [5.74, 6) is -0.739. The summed E-state index contributed by atoms with van der Waals surface area (Å²) in [6.07, 6.45) is 21.7. The van der Waals surface area contributed by atoms with E-state index in [4.69, 9.17) is 4.74 Å². The van der Waals surface area contributed by atoms with Crippen LogP contribution in [0.4, 0.5) is 0 Å². The molecule has 0 unspecified atom stereocenters. The Morgan fingerprint density at radius 3 is 1.67 bits per heavy atom. The third-order valence-electron chi connectivity index (χ3n) is 9.17. The van der Waals surface area contributed by atoms with Crippen molar-refractivity contribution in [3.63, 3.8) is 0 Å². The maximum Gasteiger partial charge on any atom is 0.243 e. The van der Waals surface area contributed by atoms with Gasteiger partial charge in [-0.2, -0.15) is 0 Å². The molecule has 0 aliphatic carbocycles. The second-order valence-corrected chi connectivity index (χ2v) is 14.8. The van der Waals surface area contributed by atoms with Crippen molar-refractivity contribution in [1.29, 1.82) is 0 Å². The van der Waals surface area contributed by atoms with Crippen LogP contribution in [0.5, 0.6) is 0 Å². The number of thioether (sulfide) groups is 1. The zero-order chi connectivity index (χ0) is 35.4. The summed E-state index contributed by atoms with van der Waals surface area (Å²) in [4.78, 5) is 38.0. The molecule has 3 amide bonds. The van der Waals surface area contributed by atoms with Crippen molar-refractivity contribution >= 4 is 29.5 Å². The molecule has 0 bridgehead atoms. The molecule has 0 spiro atoms. The Morgan fingerprint density at radius 2 is 1.19 bits per heavy atom. The topological polar surface area (TPSA) is 157 Å². The van der Waals surface area contributed by atoms with Gasteiger partial charge in [-0.15, -0.1) is 11.8 Å². The number of hydrogen-bond donors (Lipinski definition) is 6. The highest BCUT2D eigenvalue weighted by molar-refractivity contribution is 7.99. The summed E-state index contributed by atoms with van der Waals surface area (Å²) >= 11 is 1.16. The molecular weight excluding hydrogens is 630 g/mol. The van der Waals surface area contributed by atoms with Gasteiger partial charge in [0.2, 0.25) is 17.7 Å². The number of amides is 3. The zero-order valence-electron chi connectivity index (χ0n) is 30.5. The van der Waals surface area contributed by atoms with E-state index in [1.807, 2.05) is 0 Å². The molecule has 0 aromatic carbocycles. The first kappa shape index (κ1) is 44.6. The first-order chi connectivity index (χ1) is 23.2. The van der Waals surface area contributed by atoms with E-state index in [0.29, 0.717) is 13.0 Å². The number of ether oxygens (including phenoxy) is 1. The number of carbonyl (C=O) groups excluding carboxylic acids is 3. The van der Waals surface area contributed by atoms with Crippen molar-refractivity contribution in [2.45, 2.75) is 198 Å². The van der Waals surface area contributed by atoms with Crippen LogP contribution in [-0.2, 0) is 19.1 Å². The molecular formula is C37H71N3O7S. The molecule has 1 fully saturated rings. The molecule has 48 heavy (non-hydrogen) atoms. The minimum Gasteiger partial charge on any atom is -0.394 e. The predicted octanol–water partition coefficient (Wildman–Crippen LogP) is 5.89. The van der Waals surface area contributed by atoms with Crippen molar-refractivity contribution < 1.29 is 34.4 Å². The highest BCUT2D eigenvalue weighted by Gasteiger charge is 2.45. The fourth-order valence-electron chi connectivity index (χ4n) is 6.15. The van der Waals surface area contributed by atoms with Gasteiger partial charge < -0.3 is 36.0 Å². The Bertz CT molecular complexity index is 837. The van der Waals surface area contributed by atoms with E-state index < -0.39 is 48.3 Å². The van der Waals surface area contributed by atoms with Crippen molar-refractivity contribution in [1.82, 2.24) is 16.0 Å². The zero-order valence-corrected chi connectivity index (χ0v) is 31.3. The fourth-order valence-corrected chi connectivity index (χ4v) is 7.42. The predicted molar refractivity (Wildman–Crippen MR) is 196 cm³/mol. The lowest BCUT2D eigenvalue weighted by Gasteiger charge is -2.42. The van der Waals surface area contributed by atoms with Crippen molar-refractivity contribution in [3.05, 3.63) is 0 Å². The lowest BCUT2D eigenvalue weighted by Crippen LogP contribution is -2.63. The standard InChI is InChI=1S/C37H71N3O7S/c1-4-6-8-10-12-14-15-16-18-20-22-24-26-38-36(46)30(40-32(43)25-23-21-19-17-13-11-9-7-5-2)28-48-37-33(39-29(3)42)35(45)34(44)31(27-41)47-37/h30-31,33-35,37,41,44-45H,4-28H2,1-3H3,(H,38,46)(H,39,42)(H,40,43)/t30-,31+,33+,34-,35+,37-/m0/s1. The van der Waals surface area contributed by atoms with E-state index in [9.17, 15) is 29.7 Å². The summed E-state index contributed by atoms with van der Waals surface area (Å²) < 4.78 is 5.83. The molecule has 1 aliphatic rings. The first-order valence-corrected chi connectivity index (χ1v) is 20.4. The second kappa shape index (κ2) is 29.3. The summed E-state index contributed by atoms with van der Waals surface area (Å²) in [7, 11) is 0. The van der Waals surface area contributed by atoms with Gasteiger partial charge in [0, 0.05) is 25.6 Å². The Hall–Kier alpha value is -1.40. The van der Waals surface area contributed by atoms with Gasteiger partial charge in [-0.3, -0.25) is 14.4 Å². The molecule has 1 aliphatic heterocycles. The van der Waals surface area contributed by atoms with Crippen LogP contribution < -0.4 is 16.0 Å². The van der Waals surface area contributed by atoms with Crippen LogP contribution in [-0.4, -0.2) is 87.8 Å². The third-order valence-corrected chi connectivity index (χ3v) is 10.4. The third kappa shape index (κ3) is 21.0. The minimum absolute atomic E-state index is 0.134. The molecule has 10 nitrogen and oxygen atoms in total. The maximum atomic E-state index is 13.3. The first-order valence-electron chi connectivity index (χ1n) is 19.3. The number of nitrogens with one attached hydrogen (secondary N) is 3. The number of aliphatic hydroxyl groups excluding tert-OH is 3. The number of carbonyl (C=O) groups is 3. The number of hydrogen-bond acceptors (Lipinski definition) is 8. The van der Waals surface area contributed by atoms with Crippen molar-refractivity contribution in [3.8, 4) is 0 Å². The Balaban J connectivity index is 2.58. The second-order valence-electron chi connectivity index (χ2n) is 13.6. The molecule has 6 N–H and O–H groups in total. The number of rotatable bonds is 30. The van der Waals surface area contributed by atoms with Gasteiger partial charge in [0.1, 0.15) is 29.8 Å². The summed E-state index contributed by atoms with van der Waals surface area (Å²) in [5.41, 5.74) is -0.842. The van der Waals surface area contributed by atoms with Gasteiger partial charge >= 0.3 is 0 Å². The van der Waals surface area contributed by atoms with E-state index in [2.05, 4.69) is 29.8 Å². The molecule has 6 atom stereocenters. The molecule has 0 saturated carbocycles. The number of unbranched alkanes of at least 4 members (excludes halogenated alkanes) is 19. The molecule has 11 heteroatoms. The Labute approximate surface area is 296 Å². The van der Waals surface area contributed by atoms with Crippen LogP contribution in [0.15, 0.2) is 0 Å². The molecule has 1 heterocycles. The van der Waals surface area contributed by atoms with Crippen LogP contribution >= 0.6 is 11.8 Å². The van der Waals surface area contributed by atoms with Gasteiger partial charge in [0.05, 0.1) is 12.6 Å². The van der Waals surface area contributed by atoms with Gasteiger partial charge in [-0.1, -0.05) is 136 Å². The van der Waals surface area contributed by atoms with Crippen molar-refractivity contribution in [2.24, 2.45) is 0 Å². The average Bonchev–Trinajstić information content (AvgIpc) is 3.06. The van der Waals surface area contributed by atoms with Gasteiger partial charge in [-0.05, 0) is 12.8 Å². The normalized spacial score (nSPS) is 21.5. The highest BCUT2D eigenvalue weighted by atomic mass is 32.2. The van der Waals surface area contributed by atoms with Gasteiger partial charge in [0.15, 0.2) is 0 Å². The van der Waals surface area contributed by atoms with Crippen molar-refractivity contribution in [2.75, 3.05) is 18.9 Å². The Morgan fingerprint density at radius 1 is 0.708 bits per heavy atom. The monoisotopic (exact) mass is 702 g/mol. The fraction of sp³-hybridized carbons (Fsp3) is 0.919. The van der Waals surface area contributed by atoms with Crippen LogP contribution in [0, 0.1) is 0 Å². The number of aliphatic hydroxyl groups is 3. The molecule has 1 rings (SSSR count). The average molecular weight is 702 g/mol.